The van der Waals surface area contributed by atoms with Gasteiger partial charge in [0, 0.05) is 19.1 Å². The van der Waals surface area contributed by atoms with Crippen LogP contribution in [0.5, 0.6) is 0 Å². The molecule has 0 radical (unpaired) electrons. The van der Waals surface area contributed by atoms with E-state index in [0.717, 1.165) is 12.8 Å². The quantitative estimate of drug-likeness (QED) is 0.590. The van der Waals surface area contributed by atoms with Crippen LogP contribution in [0.25, 0.3) is 0 Å². The molecule has 0 saturated carbocycles. The van der Waals surface area contributed by atoms with E-state index in [1.807, 2.05) is 0 Å². The summed E-state index contributed by atoms with van der Waals surface area (Å²) in [5.41, 5.74) is 5.73. The first-order valence-electron chi connectivity index (χ1n) is 5.41. The molecule has 0 spiro atoms. The fourth-order valence-electron chi connectivity index (χ4n) is 2.32. The second kappa shape index (κ2) is 4.17. The monoisotopic (exact) mass is 208 g/mol. The number of nitrogens with two attached hydrogens (primary N) is 1. The van der Waals surface area contributed by atoms with Gasteiger partial charge in [-0.15, -0.1) is 0 Å². The van der Waals surface area contributed by atoms with Gasteiger partial charge in [-0.1, -0.05) is 0 Å². The number of nitrogens with one attached hydrogen (secondary N) is 1. The summed E-state index contributed by atoms with van der Waals surface area (Å²) in [7, 11) is 0. The van der Waals surface area contributed by atoms with Crippen LogP contribution in [0.15, 0.2) is 0 Å². The Labute approximate surface area is 89.2 Å². The summed E-state index contributed by atoms with van der Waals surface area (Å²) in [6.45, 7) is 1.41. The van der Waals surface area contributed by atoms with Crippen molar-refractivity contribution in [3.05, 3.63) is 0 Å². The van der Waals surface area contributed by atoms with Gasteiger partial charge >= 0.3 is 0 Å². The Morgan fingerprint density at radius 3 is 3.00 bits per heavy atom. The molecule has 0 aliphatic carbocycles. The number of carbonyl (C=O) groups excluding carboxylic acids is 1. The second-order valence-electron chi connectivity index (χ2n) is 4.28. The van der Waals surface area contributed by atoms with Gasteiger partial charge in [-0.3, -0.25) is 4.79 Å². The summed E-state index contributed by atoms with van der Waals surface area (Å²) in [6, 6.07) is 1.85. The Hall–Kier alpha value is -1.12. The smallest absolute Gasteiger partial charge is 0.240 e. The van der Waals surface area contributed by atoms with Crippen molar-refractivity contribution in [3.8, 4) is 6.07 Å². The zero-order valence-electron chi connectivity index (χ0n) is 8.65. The molecule has 82 valence electrons. The summed E-state index contributed by atoms with van der Waals surface area (Å²) in [4.78, 5) is 13.7. The zero-order valence-corrected chi connectivity index (χ0v) is 8.65. The number of rotatable bonds is 1. The molecule has 0 aromatic carbocycles. The second-order valence-corrected chi connectivity index (χ2v) is 4.28. The molecule has 2 aliphatic heterocycles. The van der Waals surface area contributed by atoms with Gasteiger partial charge < -0.3 is 16.0 Å². The molecule has 5 nitrogen and oxygen atoms in total. The summed E-state index contributed by atoms with van der Waals surface area (Å²) < 4.78 is 0. The molecular formula is C10H16N4O. The first-order valence-corrected chi connectivity index (χ1v) is 5.41. The molecular weight excluding hydrogens is 192 g/mol. The minimum Gasteiger partial charge on any atom is -0.326 e. The molecule has 3 atom stereocenters. The first kappa shape index (κ1) is 10.4. The van der Waals surface area contributed by atoms with E-state index in [2.05, 4.69) is 11.4 Å². The lowest BCUT2D eigenvalue weighted by atomic mass is 10.1. The lowest BCUT2D eigenvalue weighted by molar-refractivity contribution is -0.133. The van der Waals surface area contributed by atoms with Crippen molar-refractivity contribution in [2.24, 2.45) is 5.73 Å². The van der Waals surface area contributed by atoms with Crippen LogP contribution in [0.2, 0.25) is 0 Å². The topological polar surface area (TPSA) is 82.2 Å². The zero-order chi connectivity index (χ0) is 10.8. The summed E-state index contributed by atoms with van der Waals surface area (Å²) in [6.07, 6.45) is 2.43. The van der Waals surface area contributed by atoms with Crippen molar-refractivity contribution in [2.75, 3.05) is 13.1 Å². The van der Waals surface area contributed by atoms with E-state index in [1.54, 1.807) is 4.90 Å². The standard InChI is InChI=1S/C10H16N4O/c11-5-8-2-1-3-14(8)10(15)9-4-7(12)6-13-9/h7-9,13H,1-4,6,12H2/t7-,8-,9-/m0/s1. The molecule has 0 unspecified atom stereocenters. The van der Waals surface area contributed by atoms with E-state index in [9.17, 15) is 4.79 Å². The lowest BCUT2D eigenvalue weighted by Gasteiger charge is -2.23. The van der Waals surface area contributed by atoms with Crippen LogP contribution in [0, 0.1) is 11.3 Å². The summed E-state index contributed by atoms with van der Waals surface area (Å²) >= 11 is 0. The van der Waals surface area contributed by atoms with Crippen LogP contribution in [-0.2, 0) is 4.79 Å². The number of nitrogens with zero attached hydrogens (tertiary/aromatic N) is 2. The van der Waals surface area contributed by atoms with E-state index in [4.69, 9.17) is 11.0 Å². The molecule has 2 rings (SSSR count). The Kier molecular flexibility index (Phi) is 2.89. The highest BCUT2D eigenvalue weighted by molar-refractivity contribution is 5.83. The van der Waals surface area contributed by atoms with Crippen LogP contribution < -0.4 is 11.1 Å². The number of nitriles is 1. The Bertz CT molecular complexity index is 298. The molecule has 5 heteroatoms. The average molecular weight is 208 g/mol. The normalized spacial score (nSPS) is 35.5. The highest BCUT2D eigenvalue weighted by Crippen LogP contribution is 2.19. The maximum atomic E-state index is 12.0. The molecule has 2 fully saturated rings. The van der Waals surface area contributed by atoms with Crippen molar-refractivity contribution in [1.82, 2.24) is 10.2 Å². The van der Waals surface area contributed by atoms with Crippen molar-refractivity contribution in [1.29, 1.82) is 5.26 Å². The van der Waals surface area contributed by atoms with Gasteiger partial charge in [-0.05, 0) is 19.3 Å². The Morgan fingerprint density at radius 2 is 2.40 bits per heavy atom. The predicted molar refractivity (Wildman–Crippen MR) is 54.7 cm³/mol. The van der Waals surface area contributed by atoms with Crippen LogP contribution >= 0.6 is 0 Å². The van der Waals surface area contributed by atoms with Crippen LogP contribution in [0.1, 0.15) is 19.3 Å². The highest BCUT2D eigenvalue weighted by Gasteiger charge is 2.35. The number of carbonyl (C=O) groups is 1. The number of hydrogen-bond acceptors (Lipinski definition) is 4. The van der Waals surface area contributed by atoms with Gasteiger partial charge in [0.25, 0.3) is 0 Å². The van der Waals surface area contributed by atoms with Gasteiger partial charge in [0.2, 0.25) is 5.91 Å². The van der Waals surface area contributed by atoms with Crippen molar-refractivity contribution in [3.63, 3.8) is 0 Å². The lowest BCUT2D eigenvalue weighted by Crippen LogP contribution is -2.45. The molecule has 0 aromatic heterocycles. The minimum atomic E-state index is -0.226. The van der Waals surface area contributed by atoms with Crippen molar-refractivity contribution in [2.45, 2.75) is 37.4 Å². The molecule has 2 aliphatic rings. The minimum absolute atomic E-state index is 0.0481. The largest absolute Gasteiger partial charge is 0.326 e. The van der Waals surface area contributed by atoms with E-state index in [1.165, 1.54) is 0 Å². The molecule has 15 heavy (non-hydrogen) atoms. The first-order chi connectivity index (χ1) is 7.22. The number of amides is 1. The van der Waals surface area contributed by atoms with Crippen LogP contribution in [0.4, 0.5) is 0 Å². The highest BCUT2D eigenvalue weighted by atomic mass is 16.2. The summed E-state index contributed by atoms with van der Waals surface area (Å²) in [5.74, 6) is 0.0481. The fourth-order valence-corrected chi connectivity index (χ4v) is 2.32. The molecule has 1 amide bonds. The van der Waals surface area contributed by atoms with Gasteiger partial charge in [0.15, 0.2) is 0 Å². The van der Waals surface area contributed by atoms with Crippen molar-refractivity contribution < 1.29 is 4.79 Å². The molecule has 0 bridgehead atoms. The maximum absolute atomic E-state index is 12.0. The van der Waals surface area contributed by atoms with Gasteiger partial charge in [0.05, 0.1) is 12.1 Å². The van der Waals surface area contributed by atoms with Crippen molar-refractivity contribution >= 4 is 5.91 Å². The fraction of sp³-hybridized carbons (Fsp3) is 0.800. The van der Waals surface area contributed by atoms with Gasteiger partial charge in [-0.25, -0.2) is 0 Å². The number of likely N-dealkylation sites (tertiary alicyclic amines) is 1. The predicted octanol–water partition coefficient (Wildman–Crippen LogP) is -0.810. The average Bonchev–Trinajstić information content (AvgIpc) is 2.84. The van der Waals surface area contributed by atoms with Crippen LogP contribution in [0.3, 0.4) is 0 Å². The van der Waals surface area contributed by atoms with Gasteiger partial charge in [0.1, 0.15) is 6.04 Å². The third-order valence-corrected chi connectivity index (χ3v) is 3.15. The maximum Gasteiger partial charge on any atom is 0.240 e. The Balaban J connectivity index is 1.99. The summed E-state index contributed by atoms with van der Waals surface area (Å²) in [5, 5.41) is 12.0. The van der Waals surface area contributed by atoms with E-state index in [0.29, 0.717) is 19.5 Å². The third-order valence-electron chi connectivity index (χ3n) is 3.15. The third kappa shape index (κ3) is 1.96. The molecule has 0 aromatic rings. The SMILES string of the molecule is N#C[C@@H]1CCCN1C(=O)[C@@H]1C[C@H](N)CN1. The van der Waals surface area contributed by atoms with Crippen LogP contribution in [-0.4, -0.2) is 42.0 Å². The molecule has 3 N–H and O–H groups in total. The van der Waals surface area contributed by atoms with E-state index >= 15 is 0 Å². The van der Waals surface area contributed by atoms with Gasteiger partial charge in [-0.2, -0.15) is 5.26 Å². The molecule has 2 saturated heterocycles. The Morgan fingerprint density at radius 1 is 1.60 bits per heavy atom. The van der Waals surface area contributed by atoms with E-state index in [-0.39, 0.29) is 24.0 Å². The number of hydrogen-bond donors (Lipinski definition) is 2. The van der Waals surface area contributed by atoms with E-state index < -0.39 is 0 Å². The molecule has 2 heterocycles.